The first-order valence-electron chi connectivity index (χ1n) is 11.0. The van der Waals surface area contributed by atoms with Crippen LogP contribution in [0.2, 0.25) is 0 Å². The smallest absolute Gasteiger partial charge is 0.253 e. The molecule has 35 heavy (non-hydrogen) atoms. The van der Waals surface area contributed by atoms with E-state index in [1.54, 1.807) is 48.5 Å². The molecule has 180 valence electrons. The molecule has 3 aromatic rings. The number of nitrogens with zero attached hydrogens (tertiary/aromatic N) is 3. The molecule has 9 nitrogen and oxygen atoms in total. The van der Waals surface area contributed by atoms with Crippen LogP contribution in [0.5, 0.6) is 0 Å². The van der Waals surface area contributed by atoms with Crippen LogP contribution < -0.4 is 11.1 Å². The molecule has 0 aliphatic carbocycles. The molecular weight excluding hydrogens is 466 g/mol. The second-order valence-corrected chi connectivity index (χ2v) is 10.1. The van der Waals surface area contributed by atoms with Crippen molar-refractivity contribution in [2.24, 2.45) is 12.8 Å². The highest BCUT2D eigenvalue weighted by Crippen LogP contribution is 2.21. The molecule has 0 bridgehead atoms. The molecule has 3 N–H and O–H groups in total. The van der Waals surface area contributed by atoms with E-state index in [2.05, 4.69) is 22.3 Å². The van der Waals surface area contributed by atoms with Crippen LogP contribution in [0, 0.1) is 11.8 Å². The van der Waals surface area contributed by atoms with E-state index in [-0.39, 0.29) is 27.7 Å². The molecule has 0 radical (unpaired) electrons. The third-order valence-corrected chi connectivity index (χ3v) is 7.26. The highest BCUT2D eigenvalue weighted by atomic mass is 32.2. The zero-order chi connectivity index (χ0) is 25.0. The molecular formula is C25H25N5O4S. The largest absolute Gasteiger partial charge is 0.366 e. The lowest BCUT2D eigenvalue weighted by atomic mass is 10.1. The van der Waals surface area contributed by atoms with Crippen molar-refractivity contribution in [1.29, 1.82) is 0 Å². The van der Waals surface area contributed by atoms with Gasteiger partial charge in [0.05, 0.1) is 16.3 Å². The number of nitrogens with one attached hydrogen (secondary N) is 1. The van der Waals surface area contributed by atoms with Crippen molar-refractivity contribution in [1.82, 2.24) is 20.0 Å². The summed E-state index contributed by atoms with van der Waals surface area (Å²) in [5, 5.41) is 7.36. The van der Waals surface area contributed by atoms with Crippen molar-refractivity contribution in [2.45, 2.75) is 10.6 Å². The third kappa shape index (κ3) is 5.77. The zero-order valence-corrected chi connectivity index (χ0v) is 20.0. The van der Waals surface area contributed by atoms with Gasteiger partial charge in [-0.2, -0.15) is 5.10 Å². The molecule has 0 spiro atoms. The maximum Gasteiger partial charge on any atom is 0.253 e. The van der Waals surface area contributed by atoms with Gasteiger partial charge in [-0.25, -0.2) is 8.42 Å². The first-order valence-corrected chi connectivity index (χ1v) is 12.7. The van der Waals surface area contributed by atoms with Crippen LogP contribution in [-0.4, -0.2) is 61.1 Å². The monoisotopic (exact) mass is 491 g/mol. The number of nitrogens with two attached hydrogens (primary N) is 1. The Morgan fingerprint density at radius 2 is 1.83 bits per heavy atom. The van der Waals surface area contributed by atoms with E-state index < -0.39 is 15.7 Å². The number of sulfone groups is 1. The minimum Gasteiger partial charge on any atom is -0.366 e. The number of primary amides is 1. The summed E-state index contributed by atoms with van der Waals surface area (Å²) in [7, 11) is -2.11. The lowest BCUT2D eigenvalue weighted by Crippen LogP contribution is -2.46. The van der Waals surface area contributed by atoms with Crippen LogP contribution in [0.3, 0.4) is 0 Å². The molecule has 2 aromatic carbocycles. The molecule has 10 heteroatoms. The molecule has 1 aliphatic heterocycles. The summed E-state index contributed by atoms with van der Waals surface area (Å²) in [4.78, 5) is 26.3. The van der Waals surface area contributed by atoms with Crippen LogP contribution >= 0.6 is 0 Å². The molecule has 4 rings (SSSR count). The Labute approximate surface area is 203 Å². The Kier molecular flexibility index (Phi) is 7.00. The number of rotatable bonds is 5. The molecule has 2 heterocycles. The number of piperazine rings is 1. The summed E-state index contributed by atoms with van der Waals surface area (Å²) in [5.41, 5.74) is 7.14. The van der Waals surface area contributed by atoms with Gasteiger partial charge in [0, 0.05) is 61.7 Å². The van der Waals surface area contributed by atoms with E-state index >= 15 is 0 Å². The second-order valence-electron chi connectivity index (χ2n) is 8.19. The van der Waals surface area contributed by atoms with E-state index in [4.69, 9.17) is 5.73 Å². The number of aromatic nitrogens is 2. The Balaban J connectivity index is 1.68. The molecule has 1 aliphatic rings. The summed E-state index contributed by atoms with van der Waals surface area (Å²) in [6, 6.07) is 12.6. The van der Waals surface area contributed by atoms with Gasteiger partial charge in [0.1, 0.15) is 0 Å². The average Bonchev–Trinajstić information content (AvgIpc) is 3.26. The average molecular weight is 492 g/mol. The first kappa shape index (κ1) is 24.2. The molecule has 0 atom stereocenters. The van der Waals surface area contributed by atoms with E-state index in [1.807, 2.05) is 0 Å². The van der Waals surface area contributed by atoms with Gasteiger partial charge in [-0.1, -0.05) is 17.9 Å². The Hall–Kier alpha value is -3.94. The van der Waals surface area contributed by atoms with Gasteiger partial charge in [-0.15, -0.1) is 0 Å². The lowest BCUT2D eigenvalue weighted by molar-refractivity contribution is 0.0735. The predicted molar refractivity (Wildman–Crippen MR) is 130 cm³/mol. The molecule has 0 saturated carbocycles. The van der Waals surface area contributed by atoms with E-state index in [1.165, 1.54) is 22.9 Å². The number of hydrogen-bond acceptors (Lipinski definition) is 6. The number of aryl methyl sites for hydroxylation is 1. The molecule has 1 fully saturated rings. The minimum atomic E-state index is -3.81. The van der Waals surface area contributed by atoms with Crippen LogP contribution in [-0.2, 0) is 22.6 Å². The number of carbonyl (C=O) groups excluding carboxylic acids is 2. The van der Waals surface area contributed by atoms with E-state index in [0.717, 1.165) is 13.1 Å². The first-order chi connectivity index (χ1) is 16.7. The standard InChI is InChI=1S/C25H25N5O4S/c1-29-12-9-22(28-29)17-35(33,34)23-8-7-20(24(26)31)16-19(23)6-5-18-3-2-4-21(15-18)25(32)30-13-10-27-11-14-30/h2-4,7-9,12,15-16,27H,10-11,13-14,17H2,1H3,(H2,26,31). The van der Waals surface area contributed by atoms with Crippen molar-refractivity contribution in [3.63, 3.8) is 0 Å². The normalized spacial score (nSPS) is 13.7. The summed E-state index contributed by atoms with van der Waals surface area (Å²) in [6.07, 6.45) is 1.66. The maximum atomic E-state index is 13.2. The van der Waals surface area contributed by atoms with Crippen LogP contribution in [0.1, 0.15) is 37.5 Å². The minimum absolute atomic E-state index is 0.0197. The van der Waals surface area contributed by atoms with Gasteiger partial charge in [0.15, 0.2) is 9.84 Å². The van der Waals surface area contributed by atoms with Crippen molar-refractivity contribution < 1.29 is 18.0 Å². The van der Waals surface area contributed by atoms with Crippen LogP contribution in [0.15, 0.2) is 59.6 Å². The fraction of sp³-hybridized carbons (Fsp3) is 0.240. The number of carbonyl (C=O) groups is 2. The molecule has 1 aromatic heterocycles. The van der Waals surface area contributed by atoms with Gasteiger partial charge in [0.25, 0.3) is 5.91 Å². The molecule has 2 amide bonds. The Morgan fingerprint density at radius 1 is 1.06 bits per heavy atom. The fourth-order valence-electron chi connectivity index (χ4n) is 3.78. The Bertz CT molecular complexity index is 1440. The van der Waals surface area contributed by atoms with Crippen molar-refractivity contribution in [3.05, 3.63) is 82.7 Å². The van der Waals surface area contributed by atoms with Crippen LogP contribution in [0.4, 0.5) is 0 Å². The van der Waals surface area contributed by atoms with Crippen LogP contribution in [0.25, 0.3) is 0 Å². The summed E-state index contributed by atoms with van der Waals surface area (Å²) in [6.45, 7) is 2.76. The predicted octanol–water partition coefficient (Wildman–Crippen LogP) is 0.938. The SMILES string of the molecule is Cn1ccc(CS(=O)(=O)c2ccc(C(N)=O)cc2C#Cc2cccc(C(=O)N3CCNCC3)c2)n1. The number of amides is 2. The lowest BCUT2D eigenvalue weighted by Gasteiger charge is -2.27. The summed E-state index contributed by atoms with van der Waals surface area (Å²) < 4.78 is 27.8. The summed E-state index contributed by atoms with van der Waals surface area (Å²) >= 11 is 0. The van der Waals surface area contributed by atoms with Crippen molar-refractivity contribution in [3.8, 4) is 11.8 Å². The highest BCUT2D eigenvalue weighted by Gasteiger charge is 2.22. The third-order valence-electron chi connectivity index (χ3n) is 5.56. The second kappa shape index (κ2) is 10.1. The Morgan fingerprint density at radius 3 is 2.51 bits per heavy atom. The van der Waals surface area contributed by atoms with Crippen molar-refractivity contribution in [2.75, 3.05) is 26.2 Å². The highest BCUT2D eigenvalue weighted by molar-refractivity contribution is 7.90. The van der Waals surface area contributed by atoms with Gasteiger partial charge in [-0.05, 0) is 42.5 Å². The van der Waals surface area contributed by atoms with Gasteiger partial charge in [0.2, 0.25) is 5.91 Å². The van der Waals surface area contributed by atoms with Crippen molar-refractivity contribution >= 4 is 21.7 Å². The number of benzene rings is 2. The molecule has 0 unspecified atom stereocenters. The molecule has 1 saturated heterocycles. The fourth-order valence-corrected chi connectivity index (χ4v) is 5.20. The van der Waals surface area contributed by atoms with Gasteiger partial charge >= 0.3 is 0 Å². The van der Waals surface area contributed by atoms with Gasteiger partial charge < -0.3 is 16.0 Å². The van der Waals surface area contributed by atoms with Gasteiger partial charge in [-0.3, -0.25) is 14.3 Å². The number of hydrogen-bond donors (Lipinski definition) is 2. The maximum absolute atomic E-state index is 13.2. The van der Waals surface area contributed by atoms with E-state index in [9.17, 15) is 18.0 Å². The zero-order valence-electron chi connectivity index (χ0n) is 19.2. The van der Waals surface area contributed by atoms with E-state index in [0.29, 0.717) is 29.9 Å². The quantitative estimate of drug-likeness (QED) is 0.512. The topological polar surface area (TPSA) is 127 Å². The summed E-state index contributed by atoms with van der Waals surface area (Å²) in [5.74, 6) is 4.73.